The van der Waals surface area contributed by atoms with Crippen LogP contribution < -0.4 is 4.74 Å². The third-order valence-corrected chi connectivity index (χ3v) is 4.33. The van der Waals surface area contributed by atoms with Crippen LogP contribution in [0.2, 0.25) is 0 Å². The molecule has 0 saturated heterocycles. The fourth-order valence-electron chi connectivity index (χ4n) is 3.08. The first-order valence-electron chi connectivity index (χ1n) is 8.61. The van der Waals surface area contributed by atoms with E-state index >= 15 is 0 Å². The first kappa shape index (κ1) is 16.3. The molecule has 3 aromatic carbocycles. The molecular weight excluding hydrogens is 327 g/mol. The van der Waals surface area contributed by atoms with Crippen LogP contribution in [0.15, 0.2) is 72.8 Å². The second-order valence-corrected chi connectivity index (χ2v) is 6.25. The van der Waals surface area contributed by atoms with Crippen molar-refractivity contribution in [3.05, 3.63) is 84.2 Å². The number of nitrogens with zero attached hydrogens (tertiary/aromatic N) is 2. The largest absolute Gasteiger partial charge is 0.492 e. The number of hydrogen-bond donors (Lipinski definition) is 0. The molecule has 26 heavy (non-hydrogen) atoms. The number of aromatic nitrogens is 2. The van der Waals surface area contributed by atoms with E-state index in [2.05, 4.69) is 4.57 Å². The van der Waals surface area contributed by atoms with Gasteiger partial charge in [-0.15, -0.1) is 0 Å². The number of benzene rings is 3. The first-order valence-corrected chi connectivity index (χ1v) is 8.61. The summed E-state index contributed by atoms with van der Waals surface area (Å²) >= 11 is 0. The van der Waals surface area contributed by atoms with Crippen molar-refractivity contribution in [2.24, 2.45) is 0 Å². The minimum absolute atomic E-state index is 0.251. The van der Waals surface area contributed by atoms with Crippen molar-refractivity contribution in [3.8, 4) is 17.1 Å². The number of fused-ring (bicyclic) bond motifs is 1. The molecule has 0 atom stereocenters. The highest BCUT2D eigenvalue weighted by atomic mass is 19.1. The van der Waals surface area contributed by atoms with Gasteiger partial charge in [-0.05, 0) is 61.0 Å². The van der Waals surface area contributed by atoms with E-state index in [-0.39, 0.29) is 5.82 Å². The quantitative estimate of drug-likeness (QED) is 0.495. The van der Waals surface area contributed by atoms with Crippen LogP contribution in [0.4, 0.5) is 4.39 Å². The fraction of sp³-hybridized carbons (Fsp3) is 0.136. The summed E-state index contributed by atoms with van der Waals surface area (Å²) < 4.78 is 21.3. The summed E-state index contributed by atoms with van der Waals surface area (Å²) in [7, 11) is 0. The van der Waals surface area contributed by atoms with Gasteiger partial charge in [-0.3, -0.25) is 0 Å². The average Bonchev–Trinajstić information content (AvgIpc) is 3.01. The van der Waals surface area contributed by atoms with Crippen LogP contribution in [0.5, 0.6) is 5.75 Å². The van der Waals surface area contributed by atoms with Crippen LogP contribution in [-0.4, -0.2) is 16.2 Å². The molecule has 0 aliphatic rings. The minimum atomic E-state index is -0.251. The molecule has 130 valence electrons. The van der Waals surface area contributed by atoms with Crippen LogP contribution in [0.25, 0.3) is 22.4 Å². The lowest BCUT2D eigenvalue weighted by Crippen LogP contribution is -2.09. The second-order valence-electron chi connectivity index (χ2n) is 6.25. The summed E-state index contributed by atoms with van der Waals surface area (Å²) in [5.41, 5.74) is 4.02. The molecule has 0 radical (unpaired) electrons. The third kappa shape index (κ3) is 3.31. The predicted molar refractivity (Wildman–Crippen MR) is 102 cm³/mol. The summed E-state index contributed by atoms with van der Waals surface area (Å²) in [6.45, 7) is 3.22. The Morgan fingerprint density at radius 3 is 2.58 bits per heavy atom. The Bertz CT molecular complexity index is 1040. The molecule has 1 heterocycles. The summed E-state index contributed by atoms with van der Waals surface area (Å²) in [6.07, 6.45) is 0. The van der Waals surface area contributed by atoms with Gasteiger partial charge in [-0.25, -0.2) is 9.37 Å². The van der Waals surface area contributed by atoms with Crippen molar-refractivity contribution in [2.45, 2.75) is 13.5 Å². The number of halogens is 1. The van der Waals surface area contributed by atoms with Crippen molar-refractivity contribution in [1.29, 1.82) is 0 Å². The molecule has 3 nitrogen and oxygen atoms in total. The van der Waals surface area contributed by atoms with E-state index in [4.69, 9.17) is 9.72 Å². The van der Waals surface area contributed by atoms with Gasteiger partial charge in [0.25, 0.3) is 0 Å². The van der Waals surface area contributed by atoms with E-state index in [1.165, 1.54) is 17.7 Å². The van der Waals surface area contributed by atoms with E-state index in [0.29, 0.717) is 13.2 Å². The topological polar surface area (TPSA) is 27.1 Å². The van der Waals surface area contributed by atoms with Crippen LogP contribution in [0, 0.1) is 12.7 Å². The maximum atomic E-state index is 13.3. The van der Waals surface area contributed by atoms with E-state index in [1.54, 1.807) is 12.1 Å². The third-order valence-electron chi connectivity index (χ3n) is 4.33. The Hall–Kier alpha value is -3.14. The molecule has 4 rings (SSSR count). The van der Waals surface area contributed by atoms with Gasteiger partial charge in [0.1, 0.15) is 24.0 Å². The number of para-hydroxylation sites is 2. The predicted octanol–water partition coefficient (Wildman–Crippen LogP) is 5.23. The average molecular weight is 346 g/mol. The number of ether oxygens (including phenoxy) is 1. The molecule has 1 aromatic heterocycles. The van der Waals surface area contributed by atoms with Gasteiger partial charge in [0.2, 0.25) is 0 Å². The van der Waals surface area contributed by atoms with Crippen LogP contribution in [0.3, 0.4) is 0 Å². The van der Waals surface area contributed by atoms with Crippen molar-refractivity contribution >= 4 is 11.0 Å². The highest BCUT2D eigenvalue weighted by Crippen LogP contribution is 2.25. The molecule has 0 unspecified atom stereocenters. The Morgan fingerprint density at radius 1 is 0.962 bits per heavy atom. The van der Waals surface area contributed by atoms with E-state index in [1.807, 2.05) is 55.5 Å². The highest BCUT2D eigenvalue weighted by Gasteiger charge is 2.12. The number of aryl methyl sites for hydroxylation is 1. The number of rotatable bonds is 5. The van der Waals surface area contributed by atoms with Gasteiger partial charge in [0.15, 0.2) is 0 Å². The Morgan fingerprint density at radius 2 is 1.77 bits per heavy atom. The van der Waals surface area contributed by atoms with Crippen molar-refractivity contribution < 1.29 is 9.13 Å². The van der Waals surface area contributed by atoms with Crippen LogP contribution >= 0.6 is 0 Å². The van der Waals surface area contributed by atoms with Gasteiger partial charge >= 0.3 is 0 Å². The zero-order valence-corrected chi connectivity index (χ0v) is 14.5. The lowest BCUT2D eigenvalue weighted by atomic mass is 10.2. The Balaban J connectivity index is 1.64. The molecule has 0 bridgehead atoms. The Labute approximate surface area is 151 Å². The normalized spacial score (nSPS) is 11.0. The maximum absolute atomic E-state index is 13.3. The van der Waals surface area contributed by atoms with Gasteiger partial charge in [0.05, 0.1) is 17.6 Å². The SMILES string of the molecule is Cc1cccc(OCCn2c(-c3ccc(F)cc3)nc3ccccc32)c1. The zero-order chi connectivity index (χ0) is 17.9. The van der Waals surface area contributed by atoms with Gasteiger partial charge in [-0.2, -0.15) is 0 Å². The molecule has 0 N–H and O–H groups in total. The van der Waals surface area contributed by atoms with Crippen LogP contribution in [0.1, 0.15) is 5.56 Å². The standard InChI is InChI=1S/C22H19FN2O/c1-16-5-4-6-19(15-16)26-14-13-25-21-8-3-2-7-20(21)24-22(25)17-9-11-18(23)12-10-17/h2-12,15H,13-14H2,1H3. The number of imidazole rings is 1. The lowest BCUT2D eigenvalue weighted by Gasteiger charge is -2.11. The highest BCUT2D eigenvalue weighted by molar-refractivity contribution is 5.80. The summed E-state index contributed by atoms with van der Waals surface area (Å²) in [4.78, 5) is 4.74. The molecule has 0 aliphatic heterocycles. The zero-order valence-electron chi connectivity index (χ0n) is 14.5. The van der Waals surface area contributed by atoms with Gasteiger partial charge < -0.3 is 9.30 Å². The lowest BCUT2D eigenvalue weighted by molar-refractivity contribution is 0.300. The molecule has 4 aromatic rings. The summed E-state index contributed by atoms with van der Waals surface area (Å²) in [5, 5.41) is 0. The fourth-order valence-corrected chi connectivity index (χ4v) is 3.08. The smallest absolute Gasteiger partial charge is 0.141 e. The van der Waals surface area contributed by atoms with Crippen molar-refractivity contribution in [1.82, 2.24) is 9.55 Å². The monoisotopic (exact) mass is 346 g/mol. The van der Waals surface area contributed by atoms with Gasteiger partial charge in [0, 0.05) is 5.56 Å². The van der Waals surface area contributed by atoms with Gasteiger partial charge in [-0.1, -0.05) is 24.3 Å². The molecule has 4 heteroatoms. The molecule has 0 amide bonds. The first-order chi connectivity index (χ1) is 12.7. The molecular formula is C22H19FN2O. The maximum Gasteiger partial charge on any atom is 0.141 e. The summed E-state index contributed by atoms with van der Waals surface area (Å²) in [5.74, 6) is 1.43. The van der Waals surface area contributed by atoms with E-state index in [0.717, 1.165) is 28.2 Å². The van der Waals surface area contributed by atoms with E-state index < -0.39 is 0 Å². The number of hydrogen-bond acceptors (Lipinski definition) is 2. The molecule has 0 fully saturated rings. The van der Waals surface area contributed by atoms with Crippen LogP contribution in [-0.2, 0) is 6.54 Å². The molecule has 0 saturated carbocycles. The van der Waals surface area contributed by atoms with Crippen molar-refractivity contribution in [3.63, 3.8) is 0 Å². The Kier molecular flexibility index (Phi) is 4.40. The summed E-state index contributed by atoms with van der Waals surface area (Å²) in [6, 6.07) is 22.4. The molecule has 0 spiro atoms. The van der Waals surface area contributed by atoms with Crippen molar-refractivity contribution in [2.75, 3.05) is 6.61 Å². The molecule has 0 aliphatic carbocycles. The minimum Gasteiger partial charge on any atom is -0.492 e. The second kappa shape index (κ2) is 7.00. The van der Waals surface area contributed by atoms with E-state index in [9.17, 15) is 4.39 Å².